The second-order valence-corrected chi connectivity index (χ2v) is 5.18. The van der Waals surface area contributed by atoms with Crippen LogP contribution in [0.1, 0.15) is 41.6 Å². The zero-order valence-corrected chi connectivity index (χ0v) is 11.1. The number of rotatable bonds is 3. The molecule has 0 aromatic carbocycles. The van der Waals surface area contributed by atoms with Gasteiger partial charge in [0.05, 0.1) is 11.2 Å². The topological polar surface area (TPSA) is 70.5 Å². The molecule has 1 aliphatic heterocycles. The van der Waals surface area contributed by atoms with Crippen LogP contribution in [-0.4, -0.2) is 39.5 Å². The van der Waals surface area contributed by atoms with E-state index in [4.69, 9.17) is 0 Å². The molecule has 0 spiro atoms. The van der Waals surface area contributed by atoms with E-state index in [2.05, 4.69) is 4.98 Å². The number of nitrogens with zero attached hydrogens (tertiary/aromatic N) is 2. The van der Waals surface area contributed by atoms with Gasteiger partial charge in [0, 0.05) is 6.54 Å². The Labute approximate surface area is 109 Å². The molecule has 0 radical (unpaired) electrons. The fourth-order valence-corrected chi connectivity index (χ4v) is 3.09. The molecule has 1 N–H and O–H groups in total. The zero-order chi connectivity index (χ0) is 13.1. The Bertz CT molecular complexity index is 458. The van der Waals surface area contributed by atoms with Crippen LogP contribution in [0.4, 0.5) is 0 Å². The van der Waals surface area contributed by atoms with Crippen LogP contribution in [0, 0.1) is 0 Å². The van der Waals surface area contributed by atoms with Gasteiger partial charge in [-0.3, -0.25) is 4.79 Å². The fourth-order valence-electron chi connectivity index (χ4n) is 2.26. The minimum absolute atomic E-state index is 0.179. The Balaban J connectivity index is 2.23. The van der Waals surface area contributed by atoms with Gasteiger partial charge in [-0.05, 0) is 25.7 Å². The van der Waals surface area contributed by atoms with E-state index in [9.17, 15) is 14.7 Å². The van der Waals surface area contributed by atoms with Gasteiger partial charge >= 0.3 is 5.97 Å². The number of aryl methyl sites for hydroxylation is 1. The van der Waals surface area contributed by atoms with E-state index in [1.165, 1.54) is 16.2 Å². The van der Waals surface area contributed by atoms with Crippen molar-refractivity contribution in [3.63, 3.8) is 0 Å². The van der Waals surface area contributed by atoms with E-state index < -0.39 is 12.0 Å². The number of hydrogen-bond donors (Lipinski definition) is 1. The summed E-state index contributed by atoms with van der Waals surface area (Å²) in [4.78, 5) is 29.8. The van der Waals surface area contributed by atoms with Gasteiger partial charge in [0.25, 0.3) is 5.91 Å². The number of carboxylic acids is 1. The number of likely N-dealkylation sites (tertiary alicyclic amines) is 1. The summed E-state index contributed by atoms with van der Waals surface area (Å²) >= 11 is 1.29. The maximum atomic E-state index is 12.4. The molecule has 1 amide bonds. The molecule has 0 aliphatic carbocycles. The molecule has 1 aromatic rings. The quantitative estimate of drug-likeness (QED) is 0.907. The van der Waals surface area contributed by atoms with Gasteiger partial charge in [-0.25, -0.2) is 9.78 Å². The lowest BCUT2D eigenvalue weighted by Gasteiger charge is -2.32. The lowest BCUT2D eigenvalue weighted by Crippen LogP contribution is -2.48. The van der Waals surface area contributed by atoms with Crippen molar-refractivity contribution < 1.29 is 14.7 Å². The van der Waals surface area contributed by atoms with Gasteiger partial charge in [-0.15, -0.1) is 11.3 Å². The molecule has 6 heteroatoms. The van der Waals surface area contributed by atoms with E-state index in [1.54, 1.807) is 5.51 Å². The average Bonchev–Trinajstić information content (AvgIpc) is 2.86. The predicted molar refractivity (Wildman–Crippen MR) is 67.8 cm³/mol. The standard InChI is InChI=1S/C12H16N2O3S/c1-2-8-10(18-7-13-8)11(15)14-6-4-3-5-9(14)12(16)17/h7,9H,2-6H2,1H3,(H,16,17). The van der Waals surface area contributed by atoms with Crippen LogP contribution in [-0.2, 0) is 11.2 Å². The molecule has 1 aromatic heterocycles. The van der Waals surface area contributed by atoms with Gasteiger partial charge in [0.2, 0.25) is 0 Å². The highest BCUT2D eigenvalue weighted by Gasteiger charge is 2.33. The molecule has 0 bridgehead atoms. The van der Waals surface area contributed by atoms with E-state index in [0.29, 0.717) is 24.3 Å². The van der Waals surface area contributed by atoms with Crippen molar-refractivity contribution in [2.24, 2.45) is 0 Å². The van der Waals surface area contributed by atoms with Gasteiger partial charge in [-0.2, -0.15) is 0 Å². The summed E-state index contributed by atoms with van der Waals surface area (Å²) in [5.41, 5.74) is 2.41. The number of amides is 1. The van der Waals surface area contributed by atoms with Crippen molar-refractivity contribution in [1.29, 1.82) is 0 Å². The monoisotopic (exact) mass is 268 g/mol. The summed E-state index contributed by atoms with van der Waals surface area (Å²) in [6.45, 7) is 2.47. The first-order chi connectivity index (χ1) is 8.65. The third-order valence-electron chi connectivity index (χ3n) is 3.22. The maximum absolute atomic E-state index is 12.4. The number of aliphatic carboxylic acids is 1. The molecule has 1 unspecified atom stereocenters. The van der Waals surface area contributed by atoms with Crippen LogP contribution in [0.25, 0.3) is 0 Å². The fraction of sp³-hybridized carbons (Fsp3) is 0.583. The maximum Gasteiger partial charge on any atom is 0.326 e. The van der Waals surface area contributed by atoms with Gasteiger partial charge in [0.15, 0.2) is 0 Å². The normalized spacial score (nSPS) is 19.8. The molecule has 0 saturated carbocycles. The first-order valence-electron chi connectivity index (χ1n) is 6.11. The Hall–Kier alpha value is -1.43. The van der Waals surface area contributed by atoms with Crippen molar-refractivity contribution >= 4 is 23.2 Å². The number of carboxylic acid groups (broad SMARTS) is 1. The Morgan fingerprint density at radius 2 is 2.33 bits per heavy atom. The van der Waals surface area contributed by atoms with Crippen LogP contribution in [0.15, 0.2) is 5.51 Å². The number of carbonyl (C=O) groups excluding carboxylic acids is 1. The summed E-state index contributed by atoms with van der Waals surface area (Å²) in [6.07, 6.45) is 2.97. The van der Waals surface area contributed by atoms with E-state index in [1.807, 2.05) is 6.92 Å². The van der Waals surface area contributed by atoms with Gasteiger partial charge in [-0.1, -0.05) is 6.92 Å². The van der Waals surface area contributed by atoms with Crippen LogP contribution < -0.4 is 0 Å². The Morgan fingerprint density at radius 3 is 3.00 bits per heavy atom. The van der Waals surface area contributed by atoms with E-state index in [-0.39, 0.29) is 5.91 Å². The SMILES string of the molecule is CCc1ncsc1C(=O)N1CCCCC1C(=O)O. The Morgan fingerprint density at radius 1 is 1.56 bits per heavy atom. The van der Waals surface area contributed by atoms with Crippen molar-refractivity contribution in [3.05, 3.63) is 16.1 Å². The average molecular weight is 268 g/mol. The van der Waals surface area contributed by atoms with Crippen molar-refractivity contribution in [2.45, 2.75) is 38.6 Å². The lowest BCUT2D eigenvalue weighted by atomic mass is 10.0. The van der Waals surface area contributed by atoms with Crippen LogP contribution in [0.5, 0.6) is 0 Å². The molecular weight excluding hydrogens is 252 g/mol. The molecule has 1 aliphatic rings. The van der Waals surface area contributed by atoms with Crippen LogP contribution in [0.3, 0.4) is 0 Å². The van der Waals surface area contributed by atoms with Crippen LogP contribution >= 0.6 is 11.3 Å². The highest BCUT2D eigenvalue weighted by Crippen LogP contribution is 2.23. The van der Waals surface area contributed by atoms with E-state index in [0.717, 1.165) is 18.5 Å². The molecule has 1 atom stereocenters. The second kappa shape index (κ2) is 5.48. The number of hydrogen-bond acceptors (Lipinski definition) is 4. The summed E-state index contributed by atoms with van der Waals surface area (Å²) in [5, 5.41) is 9.18. The summed E-state index contributed by atoms with van der Waals surface area (Å²) < 4.78 is 0. The first-order valence-corrected chi connectivity index (χ1v) is 6.99. The van der Waals surface area contributed by atoms with Crippen molar-refractivity contribution in [3.8, 4) is 0 Å². The Kier molecular flexibility index (Phi) is 3.96. The predicted octanol–water partition coefficient (Wildman–Crippen LogP) is 1.78. The summed E-state index contributed by atoms with van der Waals surface area (Å²) in [7, 11) is 0. The molecular formula is C12H16N2O3S. The lowest BCUT2D eigenvalue weighted by molar-refractivity contribution is -0.143. The van der Waals surface area contributed by atoms with Gasteiger partial charge in [0.1, 0.15) is 10.9 Å². The minimum atomic E-state index is -0.911. The number of thiazole rings is 1. The largest absolute Gasteiger partial charge is 0.480 e. The highest BCUT2D eigenvalue weighted by molar-refractivity contribution is 7.11. The molecule has 5 nitrogen and oxygen atoms in total. The number of piperidine rings is 1. The van der Waals surface area contributed by atoms with E-state index >= 15 is 0 Å². The molecule has 98 valence electrons. The first kappa shape index (κ1) is 13.0. The third-order valence-corrected chi connectivity index (χ3v) is 4.08. The molecule has 18 heavy (non-hydrogen) atoms. The number of aromatic nitrogens is 1. The summed E-state index contributed by atoms with van der Waals surface area (Å²) in [5.74, 6) is -1.09. The van der Waals surface area contributed by atoms with Gasteiger partial charge < -0.3 is 10.0 Å². The summed E-state index contributed by atoms with van der Waals surface area (Å²) in [6, 6.07) is -0.682. The smallest absolute Gasteiger partial charge is 0.326 e. The molecule has 1 saturated heterocycles. The zero-order valence-electron chi connectivity index (χ0n) is 10.3. The van der Waals surface area contributed by atoms with Crippen LogP contribution in [0.2, 0.25) is 0 Å². The molecule has 2 rings (SSSR count). The molecule has 2 heterocycles. The van der Waals surface area contributed by atoms with Crippen molar-refractivity contribution in [1.82, 2.24) is 9.88 Å². The highest BCUT2D eigenvalue weighted by atomic mass is 32.1. The minimum Gasteiger partial charge on any atom is -0.480 e. The molecule has 1 fully saturated rings. The third kappa shape index (κ3) is 2.38. The second-order valence-electron chi connectivity index (χ2n) is 4.33. The number of carbonyl (C=O) groups is 2. The van der Waals surface area contributed by atoms with Crippen molar-refractivity contribution in [2.75, 3.05) is 6.54 Å².